The van der Waals surface area contributed by atoms with Crippen molar-refractivity contribution in [3.8, 4) is 0 Å². The molecule has 1 aromatic carbocycles. The zero-order valence-electron chi connectivity index (χ0n) is 12.9. The van der Waals surface area contributed by atoms with Crippen molar-refractivity contribution in [3.63, 3.8) is 0 Å². The molecule has 118 valence electrons. The standard InChI is InChI=1S/C17H22N2O2S/c1-19(10-12-5-3-2-4-6-12)17(21)13-7-8-15-14(9-13)18-16(20)11-22-15/h7-9,12H,2-6,10-11H2,1H3,(H,18,20). The number of nitrogens with one attached hydrogen (secondary N) is 1. The van der Waals surface area contributed by atoms with E-state index in [1.165, 1.54) is 43.9 Å². The van der Waals surface area contributed by atoms with Crippen molar-refractivity contribution in [2.24, 2.45) is 5.92 Å². The van der Waals surface area contributed by atoms with Crippen LogP contribution in [0.1, 0.15) is 42.5 Å². The van der Waals surface area contributed by atoms with E-state index in [0.717, 1.165) is 17.1 Å². The van der Waals surface area contributed by atoms with E-state index in [4.69, 9.17) is 0 Å². The van der Waals surface area contributed by atoms with E-state index < -0.39 is 0 Å². The maximum absolute atomic E-state index is 12.6. The second-order valence-corrected chi connectivity index (χ2v) is 7.25. The van der Waals surface area contributed by atoms with Crippen LogP contribution in [-0.4, -0.2) is 36.1 Å². The molecule has 1 aromatic rings. The number of hydrogen-bond donors (Lipinski definition) is 1. The van der Waals surface area contributed by atoms with Crippen LogP contribution in [-0.2, 0) is 4.79 Å². The fourth-order valence-corrected chi connectivity index (χ4v) is 4.06. The van der Waals surface area contributed by atoms with Crippen LogP contribution >= 0.6 is 11.8 Å². The van der Waals surface area contributed by atoms with Gasteiger partial charge in [-0.15, -0.1) is 11.8 Å². The van der Waals surface area contributed by atoms with Gasteiger partial charge in [0, 0.05) is 24.1 Å². The van der Waals surface area contributed by atoms with Crippen LogP contribution in [0.15, 0.2) is 23.1 Å². The third-order valence-electron chi connectivity index (χ3n) is 4.46. The summed E-state index contributed by atoms with van der Waals surface area (Å²) in [5.41, 5.74) is 1.41. The fraction of sp³-hybridized carbons (Fsp3) is 0.529. The summed E-state index contributed by atoms with van der Waals surface area (Å²) in [5.74, 6) is 1.12. The third kappa shape index (κ3) is 3.46. The van der Waals surface area contributed by atoms with Crippen LogP contribution in [0.25, 0.3) is 0 Å². The number of hydrogen-bond acceptors (Lipinski definition) is 3. The molecule has 1 saturated carbocycles. The first-order valence-electron chi connectivity index (χ1n) is 7.95. The summed E-state index contributed by atoms with van der Waals surface area (Å²) in [4.78, 5) is 26.9. The number of benzene rings is 1. The minimum Gasteiger partial charge on any atom is -0.341 e. The zero-order chi connectivity index (χ0) is 15.5. The van der Waals surface area contributed by atoms with Gasteiger partial charge in [-0.25, -0.2) is 0 Å². The monoisotopic (exact) mass is 318 g/mol. The Labute approximate surface area is 135 Å². The van der Waals surface area contributed by atoms with E-state index in [2.05, 4.69) is 5.32 Å². The maximum Gasteiger partial charge on any atom is 0.253 e. The lowest BCUT2D eigenvalue weighted by molar-refractivity contribution is -0.113. The van der Waals surface area contributed by atoms with Crippen molar-refractivity contribution in [1.82, 2.24) is 4.90 Å². The summed E-state index contributed by atoms with van der Waals surface area (Å²) in [6.45, 7) is 0.830. The number of anilines is 1. The lowest BCUT2D eigenvalue weighted by Crippen LogP contribution is -2.32. The molecule has 0 unspecified atom stereocenters. The molecule has 1 heterocycles. The molecule has 5 heteroatoms. The zero-order valence-corrected chi connectivity index (χ0v) is 13.7. The van der Waals surface area contributed by atoms with E-state index in [0.29, 0.717) is 17.2 Å². The smallest absolute Gasteiger partial charge is 0.253 e. The first-order valence-corrected chi connectivity index (χ1v) is 8.94. The number of carbonyl (C=O) groups is 2. The van der Waals surface area contributed by atoms with E-state index in [1.54, 1.807) is 6.07 Å². The van der Waals surface area contributed by atoms with Crippen LogP contribution in [0.2, 0.25) is 0 Å². The van der Waals surface area contributed by atoms with Crippen LogP contribution in [0.4, 0.5) is 5.69 Å². The van der Waals surface area contributed by atoms with Gasteiger partial charge < -0.3 is 10.2 Å². The van der Waals surface area contributed by atoms with E-state index in [1.807, 2.05) is 24.1 Å². The molecule has 0 aromatic heterocycles. The maximum atomic E-state index is 12.6. The molecule has 2 amide bonds. The van der Waals surface area contributed by atoms with Gasteiger partial charge in [0.25, 0.3) is 5.91 Å². The molecule has 2 aliphatic rings. The second kappa shape index (κ2) is 6.73. The molecule has 0 radical (unpaired) electrons. The van der Waals surface area contributed by atoms with E-state index >= 15 is 0 Å². The van der Waals surface area contributed by atoms with Gasteiger partial charge in [-0.3, -0.25) is 9.59 Å². The minimum absolute atomic E-state index is 0.00217. The van der Waals surface area contributed by atoms with Crippen molar-refractivity contribution in [1.29, 1.82) is 0 Å². The second-order valence-electron chi connectivity index (χ2n) is 6.24. The molecule has 0 atom stereocenters. The van der Waals surface area contributed by atoms with Crippen molar-refractivity contribution in [2.75, 3.05) is 24.7 Å². The first kappa shape index (κ1) is 15.4. The molecule has 1 fully saturated rings. The quantitative estimate of drug-likeness (QED) is 0.929. The van der Waals surface area contributed by atoms with Gasteiger partial charge in [0.1, 0.15) is 0 Å². The highest BCUT2D eigenvalue weighted by Crippen LogP contribution is 2.32. The highest BCUT2D eigenvalue weighted by atomic mass is 32.2. The third-order valence-corrected chi connectivity index (χ3v) is 5.54. The van der Waals surface area contributed by atoms with E-state index in [-0.39, 0.29) is 11.8 Å². The Morgan fingerprint density at radius 1 is 1.32 bits per heavy atom. The van der Waals surface area contributed by atoms with Gasteiger partial charge >= 0.3 is 0 Å². The topological polar surface area (TPSA) is 49.4 Å². The average Bonchev–Trinajstić information content (AvgIpc) is 2.54. The molecule has 0 spiro atoms. The predicted octanol–water partition coefficient (Wildman–Crippen LogP) is 3.38. The normalized spacial score (nSPS) is 18.5. The lowest BCUT2D eigenvalue weighted by Gasteiger charge is -2.27. The SMILES string of the molecule is CN(CC1CCCCC1)C(=O)c1ccc2c(c1)NC(=O)CS2. The van der Waals surface area contributed by atoms with Crippen LogP contribution in [0.5, 0.6) is 0 Å². The summed E-state index contributed by atoms with van der Waals surface area (Å²) in [6.07, 6.45) is 6.36. The minimum atomic E-state index is -0.00217. The van der Waals surface area contributed by atoms with Crippen molar-refractivity contribution < 1.29 is 9.59 Å². The average molecular weight is 318 g/mol. The van der Waals surface area contributed by atoms with Gasteiger partial charge in [-0.2, -0.15) is 0 Å². The number of rotatable bonds is 3. The van der Waals surface area contributed by atoms with E-state index in [9.17, 15) is 9.59 Å². The van der Waals surface area contributed by atoms with Gasteiger partial charge in [-0.1, -0.05) is 19.3 Å². The molecule has 3 rings (SSSR count). The van der Waals surface area contributed by atoms with Gasteiger partial charge in [0.05, 0.1) is 11.4 Å². The highest BCUT2D eigenvalue weighted by molar-refractivity contribution is 8.00. The Hall–Kier alpha value is -1.49. The number of fused-ring (bicyclic) bond motifs is 1. The summed E-state index contributed by atoms with van der Waals surface area (Å²) in [7, 11) is 1.88. The van der Waals surface area contributed by atoms with Crippen LogP contribution in [0, 0.1) is 5.92 Å². The Morgan fingerprint density at radius 3 is 2.86 bits per heavy atom. The fourth-order valence-electron chi connectivity index (χ4n) is 3.28. The first-order chi connectivity index (χ1) is 10.6. The number of thioether (sulfide) groups is 1. The largest absolute Gasteiger partial charge is 0.341 e. The van der Waals surface area contributed by atoms with Crippen molar-refractivity contribution in [2.45, 2.75) is 37.0 Å². The molecular formula is C17H22N2O2S. The number of amides is 2. The number of nitrogens with zero attached hydrogens (tertiary/aromatic N) is 1. The Bertz CT molecular complexity index is 582. The van der Waals surface area contributed by atoms with Crippen molar-refractivity contribution in [3.05, 3.63) is 23.8 Å². The summed E-state index contributed by atoms with van der Waals surface area (Å²) < 4.78 is 0. The lowest BCUT2D eigenvalue weighted by atomic mass is 9.89. The number of carbonyl (C=O) groups excluding carboxylic acids is 2. The predicted molar refractivity (Wildman–Crippen MR) is 89.3 cm³/mol. The summed E-state index contributed by atoms with van der Waals surface area (Å²) in [6, 6.07) is 5.60. The van der Waals surface area contributed by atoms with Gasteiger partial charge in [-0.05, 0) is 37.0 Å². The van der Waals surface area contributed by atoms with Crippen LogP contribution in [0.3, 0.4) is 0 Å². The Morgan fingerprint density at radius 2 is 2.09 bits per heavy atom. The van der Waals surface area contributed by atoms with Crippen LogP contribution < -0.4 is 5.32 Å². The van der Waals surface area contributed by atoms with Gasteiger partial charge in [0.15, 0.2) is 0 Å². The molecule has 1 aliphatic carbocycles. The van der Waals surface area contributed by atoms with Crippen molar-refractivity contribution >= 4 is 29.3 Å². The molecule has 4 nitrogen and oxygen atoms in total. The molecule has 0 bridgehead atoms. The molecular weight excluding hydrogens is 296 g/mol. The summed E-state index contributed by atoms with van der Waals surface area (Å²) >= 11 is 1.52. The molecule has 0 saturated heterocycles. The summed E-state index contributed by atoms with van der Waals surface area (Å²) in [5, 5.41) is 2.84. The van der Waals surface area contributed by atoms with Gasteiger partial charge in [0.2, 0.25) is 5.91 Å². The molecule has 22 heavy (non-hydrogen) atoms. The highest BCUT2D eigenvalue weighted by Gasteiger charge is 2.21. The Kier molecular flexibility index (Phi) is 4.71. The Balaban J connectivity index is 1.68. The molecule has 1 N–H and O–H groups in total. The molecule has 1 aliphatic heterocycles.